The number of hydrogen-bond donors (Lipinski definition) is 0. The number of carbonyl (C=O) groups excluding carboxylic acids is 1. The predicted molar refractivity (Wildman–Crippen MR) is 77.6 cm³/mol. The van der Waals surface area contributed by atoms with E-state index in [1.165, 1.54) is 0 Å². The van der Waals surface area contributed by atoms with Gasteiger partial charge in [-0.1, -0.05) is 32.9 Å². The highest BCUT2D eigenvalue weighted by Gasteiger charge is 2.22. The SMILES string of the molecule is CON1CC=Cc2ccc(OCC(=O)C(C)(C)C)nc21. The predicted octanol–water partition coefficient (Wildman–Crippen LogP) is 2.47. The van der Waals surface area contributed by atoms with Gasteiger partial charge in [0.1, 0.15) is 6.61 Å². The van der Waals surface area contributed by atoms with Crippen molar-refractivity contribution in [1.82, 2.24) is 4.98 Å². The minimum Gasteiger partial charge on any atom is -0.470 e. The summed E-state index contributed by atoms with van der Waals surface area (Å²) in [5.74, 6) is 1.18. The number of pyridine rings is 1. The smallest absolute Gasteiger partial charge is 0.215 e. The van der Waals surface area contributed by atoms with Crippen molar-refractivity contribution in [3.63, 3.8) is 0 Å². The lowest BCUT2D eigenvalue weighted by Gasteiger charge is -2.24. The molecule has 1 aliphatic rings. The fraction of sp³-hybridized carbons (Fsp3) is 0.467. The van der Waals surface area contributed by atoms with Crippen molar-refractivity contribution in [2.75, 3.05) is 25.3 Å². The van der Waals surface area contributed by atoms with Gasteiger partial charge >= 0.3 is 0 Å². The molecule has 0 saturated heterocycles. The summed E-state index contributed by atoms with van der Waals surface area (Å²) in [4.78, 5) is 21.5. The highest BCUT2D eigenvalue weighted by Crippen LogP contribution is 2.26. The van der Waals surface area contributed by atoms with Crippen LogP contribution in [0.15, 0.2) is 18.2 Å². The zero-order chi connectivity index (χ0) is 14.8. The second-order valence-corrected chi connectivity index (χ2v) is 5.67. The van der Waals surface area contributed by atoms with Gasteiger partial charge in [-0.05, 0) is 6.07 Å². The molecule has 0 atom stereocenters. The molecule has 0 aliphatic carbocycles. The normalized spacial score (nSPS) is 14.1. The van der Waals surface area contributed by atoms with E-state index in [1.54, 1.807) is 18.2 Å². The van der Waals surface area contributed by atoms with Gasteiger partial charge in [0.25, 0.3) is 0 Å². The first-order valence-electron chi connectivity index (χ1n) is 6.57. The van der Waals surface area contributed by atoms with E-state index in [4.69, 9.17) is 9.57 Å². The molecule has 5 nitrogen and oxygen atoms in total. The largest absolute Gasteiger partial charge is 0.470 e. The van der Waals surface area contributed by atoms with Gasteiger partial charge in [0, 0.05) is 17.0 Å². The molecule has 2 rings (SSSR count). The molecular weight excluding hydrogens is 256 g/mol. The first-order chi connectivity index (χ1) is 9.41. The first kappa shape index (κ1) is 14.5. The number of hydrogen-bond acceptors (Lipinski definition) is 5. The van der Waals surface area contributed by atoms with Crippen LogP contribution in [0.3, 0.4) is 0 Å². The van der Waals surface area contributed by atoms with E-state index < -0.39 is 5.41 Å². The van der Waals surface area contributed by atoms with Crippen LogP contribution >= 0.6 is 0 Å². The number of fused-ring (bicyclic) bond motifs is 1. The van der Waals surface area contributed by atoms with Crippen LogP contribution in [0.4, 0.5) is 5.82 Å². The average molecular weight is 276 g/mol. The van der Waals surface area contributed by atoms with Crippen molar-refractivity contribution in [2.24, 2.45) is 5.41 Å². The number of hydroxylamine groups is 1. The van der Waals surface area contributed by atoms with Gasteiger partial charge in [-0.2, -0.15) is 4.98 Å². The maximum absolute atomic E-state index is 11.8. The molecule has 0 fully saturated rings. The van der Waals surface area contributed by atoms with E-state index in [-0.39, 0.29) is 12.4 Å². The molecule has 0 bridgehead atoms. The lowest BCUT2D eigenvalue weighted by Crippen LogP contribution is -2.27. The molecule has 0 unspecified atom stereocenters. The minimum atomic E-state index is -0.407. The Bertz CT molecular complexity index is 532. The van der Waals surface area contributed by atoms with Crippen LogP contribution in [0, 0.1) is 5.41 Å². The third-order valence-electron chi connectivity index (χ3n) is 3.09. The Morgan fingerprint density at radius 2 is 2.15 bits per heavy atom. The summed E-state index contributed by atoms with van der Waals surface area (Å²) in [7, 11) is 1.60. The Hall–Kier alpha value is -1.88. The Morgan fingerprint density at radius 3 is 2.80 bits per heavy atom. The molecule has 0 amide bonds. The van der Waals surface area contributed by atoms with Crippen molar-refractivity contribution >= 4 is 17.7 Å². The maximum atomic E-state index is 11.8. The number of nitrogens with zero attached hydrogens (tertiary/aromatic N) is 2. The van der Waals surface area contributed by atoms with Gasteiger partial charge in [0.05, 0.1) is 13.7 Å². The molecule has 0 N–H and O–H groups in total. The van der Waals surface area contributed by atoms with Gasteiger partial charge in [-0.3, -0.25) is 9.63 Å². The molecule has 20 heavy (non-hydrogen) atoms. The Morgan fingerprint density at radius 1 is 1.40 bits per heavy atom. The van der Waals surface area contributed by atoms with E-state index in [2.05, 4.69) is 4.98 Å². The fourth-order valence-electron chi connectivity index (χ4n) is 1.73. The van der Waals surface area contributed by atoms with E-state index in [0.717, 1.165) is 5.56 Å². The van der Waals surface area contributed by atoms with Crippen LogP contribution in [-0.4, -0.2) is 31.0 Å². The number of anilines is 1. The summed E-state index contributed by atoms with van der Waals surface area (Å²) in [6, 6.07) is 3.67. The van der Waals surface area contributed by atoms with Crippen LogP contribution in [0.1, 0.15) is 26.3 Å². The number of ether oxygens (including phenoxy) is 1. The van der Waals surface area contributed by atoms with Crippen LogP contribution in [0.25, 0.3) is 6.08 Å². The molecule has 5 heteroatoms. The molecular formula is C15H20N2O3. The number of ketones is 1. The fourth-order valence-corrected chi connectivity index (χ4v) is 1.73. The zero-order valence-electron chi connectivity index (χ0n) is 12.3. The van der Waals surface area contributed by atoms with Gasteiger partial charge < -0.3 is 4.74 Å². The van der Waals surface area contributed by atoms with E-state index in [9.17, 15) is 4.79 Å². The summed E-state index contributed by atoms with van der Waals surface area (Å²) in [5.41, 5.74) is 0.558. The van der Waals surface area contributed by atoms with E-state index >= 15 is 0 Å². The van der Waals surface area contributed by atoms with Crippen molar-refractivity contribution in [2.45, 2.75) is 20.8 Å². The quantitative estimate of drug-likeness (QED) is 0.845. The lowest BCUT2D eigenvalue weighted by atomic mass is 9.91. The molecule has 1 aliphatic heterocycles. The van der Waals surface area contributed by atoms with Gasteiger partial charge in [0.15, 0.2) is 11.6 Å². The molecule has 0 aromatic carbocycles. The highest BCUT2D eigenvalue weighted by atomic mass is 16.7. The molecule has 2 heterocycles. The zero-order valence-corrected chi connectivity index (χ0v) is 12.3. The Labute approximate surface area is 119 Å². The van der Waals surface area contributed by atoms with Gasteiger partial charge in [-0.25, -0.2) is 5.06 Å². The van der Waals surface area contributed by atoms with Crippen molar-refractivity contribution < 1.29 is 14.4 Å². The van der Waals surface area contributed by atoms with Crippen molar-refractivity contribution in [1.29, 1.82) is 0 Å². The average Bonchev–Trinajstić information content (AvgIpc) is 2.42. The summed E-state index contributed by atoms with van der Waals surface area (Å²) in [6.45, 7) is 6.28. The van der Waals surface area contributed by atoms with Crippen LogP contribution < -0.4 is 9.80 Å². The van der Waals surface area contributed by atoms with Gasteiger partial charge in [-0.15, -0.1) is 0 Å². The Kier molecular flexibility index (Phi) is 4.09. The molecule has 1 aromatic rings. The summed E-state index contributed by atoms with van der Waals surface area (Å²) < 4.78 is 5.49. The number of aromatic nitrogens is 1. The molecule has 0 saturated carbocycles. The summed E-state index contributed by atoms with van der Waals surface area (Å²) in [5, 5.41) is 1.67. The number of carbonyl (C=O) groups is 1. The maximum Gasteiger partial charge on any atom is 0.215 e. The van der Waals surface area contributed by atoms with E-state index in [1.807, 2.05) is 39.0 Å². The van der Waals surface area contributed by atoms with Crippen LogP contribution in [0.5, 0.6) is 5.88 Å². The van der Waals surface area contributed by atoms with Crippen LogP contribution in [0.2, 0.25) is 0 Å². The van der Waals surface area contributed by atoms with Gasteiger partial charge in [0.2, 0.25) is 5.88 Å². The van der Waals surface area contributed by atoms with E-state index in [0.29, 0.717) is 18.2 Å². The lowest BCUT2D eigenvalue weighted by molar-refractivity contribution is -0.128. The molecule has 0 spiro atoms. The monoisotopic (exact) mass is 276 g/mol. The topological polar surface area (TPSA) is 51.7 Å². The molecule has 0 radical (unpaired) electrons. The summed E-state index contributed by atoms with van der Waals surface area (Å²) in [6.07, 6.45) is 3.99. The number of Topliss-reactive ketones (excluding diaryl/α,β-unsaturated/α-hetero) is 1. The van der Waals surface area contributed by atoms with Crippen molar-refractivity contribution in [3.8, 4) is 5.88 Å². The standard InChI is InChI=1S/C15H20N2O3/c1-15(2,3)12(18)10-20-13-8-7-11-6-5-9-17(19-4)14(11)16-13/h5-8H,9-10H2,1-4H3. The highest BCUT2D eigenvalue weighted by molar-refractivity contribution is 5.85. The summed E-state index contributed by atoms with van der Waals surface area (Å²) >= 11 is 0. The second kappa shape index (κ2) is 5.63. The molecule has 108 valence electrons. The van der Waals surface area contributed by atoms with Crippen molar-refractivity contribution in [3.05, 3.63) is 23.8 Å². The van der Waals surface area contributed by atoms with Crippen LogP contribution in [-0.2, 0) is 9.63 Å². The third-order valence-corrected chi connectivity index (χ3v) is 3.09. The first-order valence-corrected chi connectivity index (χ1v) is 6.57. The third kappa shape index (κ3) is 3.17. The second-order valence-electron chi connectivity index (χ2n) is 5.67. The number of rotatable bonds is 4. The minimum absolute atomic E-state index is 0.0259. The molecule has 1 aromatic heterocycles. The Balaban J connectivity index is 2.11.